The first-order valence-electron chi connectivity index (χ1n) is 5.07. The molecule has 0 radical (unpaired) electrons. The number of rotatable bonds is 4. The molecule has 0 atom stereocenters. The third kappa shape index (κ3) is 2.02. The van der Waals surface area contributed by atoms with E-state index in [4.69, 9.17) is 0 Å². The van der Waals surface area contributed by atoms with Crippen LogP contribution < -0.4 is 5.32 Å². The molecule has 0 spiro atoms. The SMILES string of the molecule is Cn1ccnc1NCCC1CCC1. The van der Waals surface area contributed by atoms with Crippen LogP contribution in [0.4, 0.5) is 5.95 Å². The number of aromatic nitrogens is 2. The molecule has 1 aliphatic carbocycles. The normalized spacial score (nSPS) is 17.0. The smallest absolute Gasteiger partial charge is 0.202 e. The average molecular weight is 179 g/mol. The Balaban J connectivity index is 1.70. The van der Waals surface area contributed by atoms with Gasteiger partial charge in [0, 0.05) is 26.0 Å². The number of nitrogens with zero attached hydrogens (tertiary/aromatic N) is 2. The van der Waals surface area contributed by atoms with Gasteiger partial charge in [0.05, 0.1) is 0 Å². The van der Waals surface area contributed by atoms with Gasteiger partial charge in [-0.1, -0.05) is 19.3 Å². The number of hydrogen-bond donors (Lipinski definition) is 1. The summed E-state index contributed by atoms with van der Waals surface area (Å²) in [6, 6.07) is 0. The number of anilines is 1. The van der Waals surface area contributed by atoms with Crippen LogP contribution in [0.2, 0.25) is 0 Å². The van der Waals surface area contributed by atoms with Gasteiger partial charge in [-0.3, -0.25) is 0 Å². The first-order chi connectivity index (χ1) is 6.36. The van der Waals surface area contributed by atoms with Gasteiger partial charge in [0.25, 0.3) is 0 Å². The monoisotopic (exact) mass is 179 g/mol. The molecule has 3 heteroatoms. The Kier molecular flexibility index (Phi) is 2.52. The maximum Gasteiger partial charge on any atom is 0.202 e. The standard InChI is InChI=1S/C10H17N3/c1-13-8-7-12-10(13)11-6-5-9-3-2-4-9/h7-9H,2-6H2,1H3,(H,11,12). The van der Waals surface area contributed by atoms with Crippen LogP contribution in [-0.4, -0.2) is 16.1 Å². The highest BCUT2D eigenvalue weighted by Gasteiger charge is 2.16. The van der Waals surface area contributed by atoms with E-state index in [1.165, 1.54) is 25.7 Å². The van der Waals surface area contributed by atoms with Crippen LogP contribution in [0.5, 0.6) is 0 Å². The van der Waals surface area contributed by atoms with E-state index in [2.05, 4.69) is 10.3 Å². The predicted molar refractivity (Wildman–Crippen MR) is 53.7 cm³/mol. The zero-order valence-electron chi connectivity index (χ0n) is 8.16. The Labute approximate surface area is 79.2 Å². The Hall–Kier alpha value is -0.990. The average Bonchev–Trinajstić information content (AvgIpc) is 2.42. The van der Waals surface area contributed by atoms with Crippen molar-refractivity contribution in [3.05, 3.63) is 12.4 Å². The van der Waals surface area contributed by atoms with Crippen LogP contribution in [0, 0.1) is 5.92 Å². The van der Waals surface area contributed by atoms with Gasteiger partial charge in [-0.2, -0.15) is 0 Å². The molecule has 3 nitrogen and oxygen atoms in total. The molecule has 0 unspecified atom stereocenters. The number of hydrogen-bond acceptors (Lipinski definition) is 2. The lowest BCUT2D eigenvalue weighted by Crippen LogP contribution is -2.16. The number of aryl methyl sites for hydroxylation is 1. The second-order valence-electron chi connectivity index (χ2n) is 3.87. The number of imidazole rings is 1. The summed E-state index contributed by atoms with van der Waals surface area (Å²) in [6.07, 6.45) is 9.39. The summed E-state index contributed by atoms with van der Waals surface area (Å²) in [5, 5.41) is 3.34. The highest BCUT2D eigenvalue weighted by atomic mass is 15.2. The zero-order chi connectivity index (χ0) is 9.10. The second kappa shape index (κ2) is 3.81. The van der Waals surface area contributed by atoms with Crippen molar-refractivity contribution in [2.75, 3.05) is 11.9 Å². The second-order valence-corrected chi connectivity index (χ2v) is 3.87. The molecule has 0 aromatic carbocycles. The maximum atomic E-state index is 4.21. The van der Waals surface area contributed by atoms with Crippen LogP contribution in [0.25, 0.3) is 0 Å². The van der Waals surface area contributed by atoms with Crippen molar-refractivity contribution in [1.29, 1.82) is 0 Å². The molecule has 72 valence electrons. The van der Waals surface area contributed by atoms with E-state index in [1.54, 1.807) is 0 Å². The Morgan fingerprint density at radius 1 is 1.62 bits per heavy atom. The summed E-state index contributed by atoms with van der Waals surface area (Å²) in [6.45, 7) is 1.06. The molecule has 1 saturated carbocycles. The summed E-state index contributed by atoms with van der Waals surface area (Å²) >= 11 is 0. The first kappa shape index (κ1) is 8.60. The van der Waals surface area contributed by atoms with E-state index in [9.17, 15) is 0 Å². The van der Waals surface area contributed by atoms with Crippen molar-refractivity contribution in [3.63, 3.8) is 0 Å². The molecule has 0 aliphatic heterocycles. The fourth-order valence-corrected chi connectivity index (χ4v) is 1.71. The molecular weight excluding hydrogens is 162 g/mol. The summed E-state index contributed by atoms with van der Waals surface area (Å²) in [5.74, 6) is 1.96. The Morgan fingerprint density at radius 2 is 2.46 bits per heavy atom. The molecule has 1 N–H and O–H groups in total. The van der Waals surface area contributed by atoms with Crippen LogP contribution >= 0.6 is 0 Å². The van der Waals surface area contributed by atoms with Crippen molar-refractivity contribution in [2.45, 2.75) is 25.7 Å². The molecule has 0 amide bonds. The molecule has 1 aliphatic rings. The van der Waals surface area contributed by atoms with E-state index in [-0.39, 0.29) is 0 Å². The van der Waals surface area contributed by atoms with E-state index in [0.717, 1.165) is 18.4 Å². The highest BCUT2D eigenvalue weighted by Crippen LogP contribution is 2.28. The third-order valence-electron chi connectivity index (χ3n) is 2.88. The van der Waals surface area contributed by atoms with Crippen molar-refractivity contribution in [2.24, 2.45) is 13.0 Å². The summed E-state index contributed by atoms with van der Waals surface area (Å²) < 4.78 is 2.01. The Bertz CT molecular complexity index is 263. The van der Waals surface area contributed by atoms with Gasteiger partial charge in [-0.25, -0.2) is 4.98 Å². The minimum Gasteiger partial charge on any atom is -0.356 e. The molecule has 1 aromatic heterocycles. The minimum atomic E-state index is 0.979. The van der Waals surface area contributed by atoms with E-state index in [1.807, 2.05) is 24.0 Å². The lowest BCUT2D eigenvalue weighted by Gasteiger charge is -2.25. The summed E-state index contributed by atoms with van der Waals surface area (Å²) in [7, 11) is 2.01. The lowest BCUT2D eigenvalue weighted by molar-refractivity contribution is 0.302. The van der Waals surface area contributed by atoms with E-state index >= 15 is 0 Å². The Morgan fingerprint density at radius 3 is 3.00 bits per heavy atom. The van der Waals surface area contributed by atoms with Gasteiger partial charge in [0.1, 0.15) is 0 Å². The van der Waals surface area contributed by atoms with Gasteiger partial charge in [0.2, 0.25) is 5.95 Å². The van der Waals surface area contributed by atoms with Crippen molar-refractivity contribution < 1.29 is 0 Å². The molecule has 13 heavy (non-hydrogen) atoms. The largest absolute Gasteiger partial charge is 0.356 e. The van der Waals surface area contributed by atoms with Gasteiger partial charge >= 0.3 is 0 Å². The third-order valence-corrected chi connectivity index (χ3v) is 2.88. The molecule has 1 aromatic rings. The van der Waals surface area contributed by atoms with Gasteiger partial charge < -0.3 is 9.88 Å². The zero-order valence-corrected chi connectivity index (χ0v) is 8.16. The maximum absolute atomic E-state index is 4.21. The molecule has 2 rings (SSSR count). The molecule has 1 heterocycles. The van der Waals surface area contributed by atoms with E-state index < -0.39 is 0 Å². The molecule has 0 saturated heterocycles. The quantitative estimate of drug-likeness (QED) is 0.766. The summed E-state index contributed by atoms with van der Waals surface area (Å²) in [4.78, 5) is 4.21. The minimum absolute atomic E-state index is 0.979. The van der Waals surface area contributed by atoms with Crippen molar-refractivity contribution in [1.82, 2.24) is 9.55 Å². The molecular formula is C10H17N3. The molecule has 1 fully saturated rings. The van der Waals surface area contributed by atoms with Gasteiger partial charge in [-0.05, 0) is 12.3 Å². The summed E-state index contributed by atoms with van der Waals surface area (Å²) in [5.41, 5.74) is 0. The predicted octanol–water partition coefficient (Wildman–Crippen LogP) is 2.02. The van der Waals surface area contributed by atoms with Gasteiger partial charge in [0.15, 0.2) is 0 Å². The van der Waals surface area contributed by atoms with Crippen LogP contribution in [0.15, 0.2) is 12.4 Å². The van der Waals surface area contributed by atoms with Crippen LogP contribution in [0.1, 0.15) is 25.7 Å². The van der Waals surface area contributed by atoms with E-state index in [0.29, 0.717) is 0 Å². The lowest BCUT2D eigenvalue weighted by atomic mass is 9.83. The highest BCUT2D eigenvalue weighted by molar-refractivity contribution is 5.24. The van der Waals surface area contributed by atoms with Crippen LogP contribution in [-0.2, 0) is 7.05 Å². The fourth-order valence-electron chi connectivity index (χ4n) is 1.71. The first-order valence-corrected chi connectivity index (χ1v) is 5.07. The van der Waals surface area contributed by atoms with Crippen molar-refractivity contribution >= 4 is 5.95 Å². The van der Waals surface area contributed by atoms with Crippen molar-refractivity contribution in [3.8, 4) is 0 Å². The molecule has 0 bridgehead atoms. The van der Waals surface area contributed by atoms with Crippen LogP contribution in [0.3, 0.4) is 0 Å². The van der Waals surface area contributed by atoms with Gasteiger partial charge in [-0.15, -0.1) is 0 Å². The fraction of sp³-hybridized carbons (Fsp3) is 0.700. The number of nitrogens with one attached hydrogen (secondary N) is 1. The topological polar surface area (TPSA) is 29.9 Å².